The SMILES string of the molecule is CN=C(NCCNC(=O)c1ccc(OC)cc1)NCC(=O)NC(C)(C)C.I. The van der Waals surface area contributed by atoms with Crippen LogP contribution in [0.5, 0.6) is 5.75 Å². The molecule has 152 valence electrons. The van der Waals surface area contributed by atoms with Crippen LogP contribution >= 0.6 is 24.0 Å². The Labute approximate surface area is 177 Å². The Morgan fingerprint density at radius 2 is 1.63 bits per heavy atom. The van der Waals surface area contributed by atoms with Gasteiger partial charge >= 0.3 is 0 Å². The van der Waals surface area contributed by atoms with Gasteiger partial charge in [-0.15, -0.1) is 24.0 Å². The number of nitrogens with one attached hydrogen (secondary N) is 4. The zero-order chi connectivity index (χ0) is 19.6. The lowest BCUT2D eigenvalue weighted by molar-refractivity contribution is -0.121. The van der Waals surface area contributed by atoms with Crippen LogP contribution in [-0.4, -0.2) is 57.1 Å². The molecular weight excluding hydrogens is 461 g/mol. The first kappa shape index (κ1) is 25.0. The van der Waals surface area contributed by atoms with Crippen LogP contribution in [0.4, 0.5) is 0 Å². The van der Waals surface area contributed by atoms with Crippen molar-refractivity contribution in [2.45, 2.75) is 26.3 Å². The highest BCUT2D eigenvalue weighted by Crippen LogP contribution is 2.10. The highest BCUT2D eigenvalue weighted by Gasteiger charge is 2.13. The molecule has 8 nitrogen and oxygen atoms in total. The predicted octanol–water partition coefficient (Wildman–Crippen LogP) is 1.12. The van der Waals surface area contributed by atoms with Crippen molar-refractivity contribution < 1.29 is 14.3 Å². The minimum atomic E-state index is -0.276. The molecule has 0 saturated carbocycles. The van der Waals surface area contributed by atoms with E-state index in [1.807, 2.05) is 20.8 Å². The molecular formula is C18H30IN5O3. The lowest BCUT2D eigenvalue weighted by Crippen LogP contribution is -2.48. The summed E-state index contributed by atoms with van der Waals surface area (Å²) >= 11 is 0. The zero-order valence-corrected chi connectivity index (χ0v) is 18.8. The maximum absolute atomic E-state index is 12.0. The molecule has 0 fully saturated rings. The van der Waals surface area contributed by atoms with Crippen LogP contribution in [0.1, 0.15) is 31.1 Å². The fraction of sp³-hybridized carbons (Fsp3) is 0.500. The van der Waals surface area contributed by atoms with E-state index in [2.05, 4.69) is 26.3 Å². The van der Waals surface area contributed by atoms with E-state index in [-0.39, 0.29) is 47.9 Å². The van der Waals surface area contributed by atoms with Crippen LogP contribution in [0.3, 0.4) is 0 Å². The van der Waals surface area contributed by atoms with Crippen molar-refractivity contribution in [1.29, 1.82) is 0 Å². The summed E-state index contributed by atoms with van der Waals surface area (Å²) in [7, 11) is 3.20. The molecule has 1 aromatic rings. The molecule has 0 aliphatic heterocycles. The normalized spacial score (nSPS) is 11.1. The topological polar surface area (TPSA) is 104 Å². The van der Waals surface area contributed by atoms with Gasteiger partial charge in [0, 0.05) is 31.2 Å². The molecule has 0 bridgehead atoms. The maximum Gasteiger partial charge on any atom is 0.251 e. The summed E-state index contributed by atoms with van der Waals surface area (Å²) in [6.07, 6.45) is 0. The van der Waals surface area contributed by atoms with E-state index in [1.54, 1.807) is 38.4 Å². The molecule has 0 aliphatic carbocycles. The quantitative estimate of drug-likeness (QED) is 0.198. The predicted molar refractivity (Wildman–Crippen MR) is 118 cm³/mol. The Morgan fingerprint density at radius 3 is 2.15 bits per heavy atom. The number of guanidine groups is 1. The van der Waals surface area contributed by atoms with E-state index in [9.17, 15) is 9.59 Å². The number of ether oxygens (including phenoxy) is 1. The van der Waals surface area contributed by atoms with Gasteiger partial charge in [0.1, 0.15) is 5.75 Å². The van der Waals surface area contributed by atoms with Crippen LogP contribution in [0.2, 0.25) is 0 Å². The summed E-state index contributed by atoms with van der Waals surface area (Å²) in [5, 5.41) is 11.6. The molecule has 4 N–H and O–H groups in total. The molecule has 2 amide bonds. The standard InChI is InChI=1S/C18H29N5O3.HI/c1-18(2,3)23-15(24)12-22-17(19-4)21-11-10-20-16(25)13-6-8-14(26-5)9-7-13;/h6-9H,10-12H2,1-5H3,(H,20,25)(H,23,24)(H2,19,21,22);1H. The van der Waals surface area contributed by atoms with E-state index in [0.717, 1.165) is 0 Å². The van der Waals surface area contributed by atoms with Crippen LogP contribution in [0.15, 0.2) is 29.3 Å². The van der Waals surface area contributed by atoms with Crippen molar-refractivity contribution in [3.05, 3.63) is 29.8 Å². The number of benzene rings is 1. The smallest absolute Gasteiger partial charge is 0.251 e. The fourth-order valence-corrected chi connectivity index (χ4v) is 2.05. The van der Waals surface area contributed by atoms with Gasteiger partial charge in [0.15, 0.2) is 5.96 Å². The third-order valence-corrected chi connectivity index (χ3v) is 3.21. The minimum Gasteiger partial charge on any atom is -0.497 e. The zero-order valence-electron chi connectivity index (χ0n) is 16.5. The molecule has 27 heavy (non-hydrogen) atoms. The largest absolute Gasteiger partial charge is 0.497 e. The van der Waals surface area contributed by atoms with Crippen molar-refractivity contribution in [1.82, 2.24) is 21.3 Å². The second kappa shape index (κ2) is 12.4. The second-order valence-corrected chi connectivity index (χ2v) is 6.64. The Morgan fingerprint density at radius 1 is 1.04 bits per heavy atom. The van der Waals surface area contributed by atoms with Gasteiger partial charge in [0.25, 0.3) is 5.91 Å². The van der Waals surface area contributed by atoms with Crippen molar-refractivity contribution in [3.63, 3.8) is 0 Å². The molecule has 1 rings (SSSR count). The monoisotopic (exact) mass is 491 g/mol. The van der Waals surface area contributed by atoms with E-state index >= 15 is 0 Å². The minimum absolute atomic E-state index is 0. The van der Waals surface area contributed by atoms with Crippen LogP contribution in [-0.2, 0) is 4.79 Å². The molecule has 0 spiro atoms. The van der Waals surface area contributed by atoms with Crippen LogP contribution < -0.4 is 26.0 Å². The highest BCUT2D eigenvalue weighted by atomic mass is 127. The number of nitrogens with zero attached hydrogens (tertiary/aromatic N) is 1. The number of rotatable bonds is 7. The van der Waals surface area contributed by atoms with E-state index in [0.29, 0.717) is 30.4 Å². The third-order valence-electron chi connectivity index (χ3n) is 3.21. The Hall–Kier alpha value is -2.04. The van der Waals surface area contributed by atoms with Gasteiger partial charge in [0.05, 0.1) is 13.7 Å². The first-order valence-corrected chi connectivity index (χ1v) is 8.43. The fourth-order valence-electron chi connectivity index (χ4n) is 2.05. The number of carbonyl (C=O) groups is 2. The van der Waals surface area contributed by atoms with Gasteiger partial charge < -0.3 is 26.0 Å². The molecule has 0 aliphatic rings. The van der Waals surface area contributed by atoms with Crippen LogP contribution in [0, 0.1) is 0 Å². The summed E-state index contributed by atoms with van der Waals surface area (Å²) < 4.78 is 5.06. The van der Waals surface area contributed by atoms with Gasteiger partial charge in [-0.05, 0) is 45.0 Å². The molecule has 0 heterocycles. The second-order valence-electron chi connectivity index (χ2n) is 6.64. The van der Waals surface area contributed by atoms with E-state index < -0.39 is 0 Å². The molecule has 1 aromatic carbocycles. The Kier molecular flexibility index (Phi) is 11.4. The van der Waals surface area contributed by atoms with Gasteiger partial charge in [-0.2, -0.15) is 0 Å². The number of carbonyl (C=O) groups excluding carboxylic acids is 2. The number of aliphatic imine (C=N–C) groups is 1. The van der Waals surface area contributed by atoms with Crippen molar-refractivity contribution in [2.75, 3.05) is 33.8 Å². The van der Waals surface area contributed by atoms with E-state index in [1.165, 1.54) is 0 Å². The number of hydrogen-bond acceptors (Lipinski definition) is 4. The summed E-state index contributed by atoms with van der Waals surface area (Å²) in [4.78, 5) is 27.8. The molecule has 0 saturated heterocycles. The molecule has 0 unspecified atom stereocenters. The number of halogens is 1. The number of amides is 2. The number of hydrogen-bond donors (Lipinski definition) is 4. The summed E-state index contributed by atoms with van der Waals surface area (Å²) in [6.45, 7) is 6.77. The molecule has 0 radical (unpaired) electrons. The average molecular weight is 491 g/mol. The van der Waals surface area contributed by atoms with Gasteiger partial charge in [0.2, 0.25) is 5.91 Å². The summed E-state index contributed by atoms with van der Waals surface area (Å²) in [5.74, 6) is 0.913. The highest BCUT2D eigenvalue weighted by molar-refractivity contribution is 14.0. The Balaban J connectivity index is 0.00000676. The number of methoxy groups -OCH3 is 1. The summed E-state index contributed by atoms with van der Waals surface area (Å²) in [6, 6.07) is 6.88. The maximum atomic E-state index is 12.0. The lowest BCUT2D eigenvalue weighted by Gasteiger charge is -2.21. The molecule has 0 aromatic heterocycles. The van der Waals surface area contributed by atoms with Gasteiger partial charge in [-0.25, -0.2) is 0 Å². The first-order chi connectivity index (χ1) is 12.2. The van der Waals surface area contributed by atoms with Crippen LogP contribution in [0.25, 0.3) is 0 Å². The van der Waals surface area contributed by atoms with Gasteiger partial charge in [-0.1, -0.05) is 0 Å². The average Bonchev–Trinajstić information content (AvgIpc) is 2.59. The van der Waals surface area contributed by atoms with Crippen molar-refractivity contribution in [3.8, 4) is 5.75 Å². The van der Waals surface area contributed by atoms with Crippen molar-refractivity contribution in [2.24, 2.45) is 4.99 Å². The third kappa shape index (κ3) is 10.6. The molecule has 0 atom stereocenters. The summed E-state index contributed by atoms with van der Waals surface area (Å²) in [5.41, 5.74) is 0.286. The lowest BCUT2D eigenvalue weighted by atomic mass is 10.1. The Bertz CT molecular complexity index is 627. The van der Waals surface area contributed by atoms with Crippen molar-refractivity contribution >= 4 is 41.8 Å². The van der Waals surface area contributed by atoms with E-state index in [4.69, 9.17) is 4.74 Å². The molecule has 9 heteroatoms. The first-order valence-electron chi connectivity index (χ1n) is 8.43. The van der Waals surface area contributed by atoms with Gasteiger partial charge in [-0.3, -0.25) is 14.6 Å².